The van der Waals surface area contributed by atoms with Gasteiger partial charge >= 0.3 is 0 Å². The maximum Gasteiger partial charge on any atom is 0.224 e. The highest BCUT2D eigenvalue weighted by Crippen LogP contribution is 2.19. The van der Waals surface area contributed by atoms with E-state index >= 15 is 0 Å². The zero-order valence-corrected chi connectivity index (χ0v) is 10.2. The molecule has 0 saturated heterocycles. The van der Waals surface area contributed by atoms with Crippen LogP contribution < -0.4 is 5.32 Å². The number of aromatic nitrogens is 1. The lowest BCUT2D eigenvalue weighted by molar-refractivity contribution is -0.120. The van der Waals surface area contributed by atoms with Gasteiger partial charge in [0.15, 0.2) is 0 Å². The van der Waals surface area contributed by atoms with E-state index in [1.165, 1.54) is 31.3 Å². The first kappa shape index (κ1) is 12.0. The fraction of sp³-hybridized carbons (Fsp3) is 0.500. The second kappa shape index (κ2) is 6.28. The van der Waals surface area contributed by atoms with Gasteiger partial charge < -0.3 is 10.3 Å². The third-order valence-electron chi connectivity index (χ3n) is 3.18. The zero-order valence-electron chi connectivity index (χ0n) is 10.2. The van der Waals surface area contributed by atoms with Crippen LogP contribution in [0.5, 0.6) is 0 Å². The third-order valence-corrected chi connectivity index (χ3v) is 3.18. The summed E-state index contributed by atoms with van der Waals surface area (Å²) < 4.78 is 0. The molecule has 2 rings (SSSR count). The summed E-state index contributed by atoms with van der Waals surface area (Å²) in [5.74, 6) is 0.112. The van der Waals surface area contributed by atoms with Gasteiger partial charge in [0, 0.05) is 18.9 Å². The van der Waals surface area contributed by atoms with Gasteiger partial charge in [-0.05, 0) is 43.7 Å². The first-order chi connectivity index (χ1) is 8.34. The molecule has 0 bridgehead atoms. The van der Waals surface area contributed by atoms with Crippen LogP contribution in [0.4, 0.5) is 0 Å². The predicted octanol–water partition coefficient (Wildman–Crippen LogP) is 2.56. The Morgan fingerprint density at radius 3 is 3.06 bits per heavy atom. The Morgan fingerprint density at radius 1 is 1.41 bits per heavy atom. The molecule has 1 aliphatic carbocycles. The molecule has 3 nitrogen and oxygen atoms in total. The lowest BCUT2D eigenvalue weighted by atomic mass is 9.97. The van der Waals surface area contributed by atoms with Crippen LogP contribution in [0.25, 0.3) is 0 Å². The van der Waals surface area contributed by atoms with Gasteiger partial charge in [-0.1, -0.05) is 11.6 Å². The quantitative estimate of drug-likeness (QED) is 0.753. The molecule has 1 aromatic rings. The summed E-state index contributed by atoms with van der Waals surface area (Å²) >= 11 is 0. The van der Waals surface area contributed by atoms with Crippen LogP contribution in [-0.4, -0.2) is 17.4 Å². The molecule has 0 unspecified atom stereocenters. The number of hydrogen-bond donors (Lipinski definition) is 2. The van der Waals surface area contributed by atoms with Crippen molar-refractivity contribution in [3.63, 3.8) is 0 Å². The van der Waals surface area contributed by atoms with E-state index in [0.29, 0.717) is 6.42 Å². The van der Waals surface area contributed by atoms with Crippen LogP contribution in [0.2, 0.25) is 0 Å². The summed E-state index contributed by atoms with van der Waals surface area (Å²) in [6, 6.07) is 1.93. The van der Waals surface area contributed by atoms with Crippen molar-refractivity contribution >= 4 is 5.91 Å². The molecule has 0 spiro atoms. The van der Waals surface area contributed by atoms with E-state index in [-0.39, 0.29) is 5.91 Å². The summed E-state index contributed by atoms with van der Waals surface area (Å²) in [6.45, 7) is 0.773. The van der Waals surface area contributed by atoms with E-state index in [1.807, 2.05) is 18.5 Å². The number of allylic oxidation sites excluding steroid dienone is 1. The van der Waals surface area contributed by atoms with Crippen LogP contribution >= 0.6 is 0 Å². The molecule has 1 heterocycles. The Balaban J connectivity index is 1.64. The largest absolute Gasteiger partial charge is 0.367 e. The summed E-state index contributed by atoms with van der Waals surface area (Å²) in [5.41, 5.74) is 2.55. The minimum Gasteiger partial charge on any atom is -0.367 e. The number of hydrogen-bond acceptors (Lipinski definition) is 1. The number of rotatable bonds is 5. The smallest absolute Gasteiger partial charge is 0.224 e. The Kier molecular flexibility index (Phi) is 4.42. The minimum atomic E-state index is 0.112. The van der Waals surface area contributed by atoms with E-state index in [0.717, 1.165) is 18.5 Å². The van der Waals surface area contributed by atoms with Crippen molar-refractivity contribution in [2.75, 3.05) is 6.54 Å². The van der Waals surface area contributed by atoms with Crippen molar-refractivity contribution in [3.8, 4) is 0 Å². The van der Waals surface area contributed by atoms with Gasteiger partial charge in [0.1, 0.15) is 0 Å². The number of amides is 1. The van der Waals surface area contributed by atoms with Gasteiger partial charge in [-0.2, -0.15) is 0 Å². The molecule has 0 aliphatic heterocycles. The standard InChI is InChI=1S/C14H20N2O/c17-14(10-13-6-8-15-11-13)16-9-7-12-4-2-1-3-5-12/h4,6,8,11,15H,1-3,5,7,9-10H2,(H,16,17). The number of aromatic amines is 1. The maximum absolute atomic E-state index is 11.6. The predicted molar refractivity (Wildman–Crippen MR) is 68.7 cm³/mol. The molecule has 3 heteroatoms. The van der Waals surface area contributed by atoms with Crippen LogP contribution in [0.1, 0.15) is 37.7 Å². The fourth-order valence-corrected chi connectivity index (χ4v) is 2.21. The Labute approximate surface area is 102 Å². The maximum atomic E-state index is 11.6. The van der Waals surface area contributed by atoms with Crippen molar-refractivity contribution in [3.05, 3.63) is 35.7 Å². The van der Waals surface area contributed by atoms with E-state index in [1.54, 1.807) is 0 Å². The summed E-state index contributed by atoms with van der Waals surface area (Å²) in [7, 11) is 0. The molecule has 1 amide bonds. The highest BCUT2D eigenvalue weighted by Gasteiger charge is 2.05. The normalized spacial score (nSPS) is 15.4. The summed E-state index contributed by atoms with van der Waals surface area (Å²) in [5, 5.41) is 2.97. The highest BCUT2D eigenvalue weighted by molar-refractivity contribution is 5.78. The van der Waals surface area contributed by atoms with E-state index in [9.17, 15) is 4.79 Å². The van der Waals surface area contributed by atoms with Crippen molar-refractivity contribution < 1.29 is 4.79 Å². The van der Waals surface area contributed by atoms with Gasteiger partial charge in [-0.15, -0.1) is 0 Å². The monoisotopic (exact) mass is 232 g/mol. The minimum absolute atomic E-state index is 0.112. The van der Waals surface area contributed by atoms with Crippen LogP contribution in [0.3, 0.4) is 0 Å². The second-order valence-corrected chi connectivity index (χ2v) is 4.60. The Bertz CT molecular complexity index is 379. The summed E-state index contributed by atoms with van der Waals surface area (Å²) in [6.07, 6.45) is 12.6. The molecule has 0 fully saturated rings. The highest BCUT2D eigenvalue weighted by atomic mass is 16.1. The van der Waals surface area contributed by atoms with Crippen molar-refractivity contribution in [2.24, 2.45) is 0 Å². The van der Waals surface area contributed by atoms with Gasteiger partial charge in [-0.3, -0.25) is 4.79 Å². The average molecular weight is 232 g/mol. The topological polar surface area (TPSA) is 44.9 Å². The molecular weight excluding hydrogens is 212 g/mol. The molecule has 2 N–H and O–H groups in total. The zero-order chi connectivity index (χ0) is 11.9. The molecule has 0 atom stereocenters. The SMILES string of the molecule is O=C(Cc1cc[nH]c1)NCCC1=CCCCC1. The Morgan fingerprint density at radius 2 is 2.35 bits per heavy atom. The molecule has 0 radical (unpaired) electrons. The second-order valence-electron chi connectivity index (χ2n) is 4.60. The first-order valence-corrected chi connectivity index (χ1v) is 6.41. The molecule has 1 aliphatic rings. The number of H-pyrrole nitrogens is 1. The van der Waals surface area contributed by atoms with Crippen LogP contribution in [0, 0.1) is 0 Å². The van der Waals surface area contributed by atoms with E-state index in [4.69, 9.17) is 0 Å². The van der Waals surface area contributed by atoms with E-state index in [2.05, 4.69) is 16.4 Å². The average Bonchev–Trinajstić information content (AvgIpc) is 2.83. The molecular formula is C14H20N2O. The van der Waals surface area contributed by atoms with Crippen molar-refractivity contribution in [1.29, 1.82) is 0 Å². The van der Waals surface area contributed by atoms with Crippen LogP contribution in [0.15, 0.2) is 30.1 Å². The van der Waals surface area contributed by atoms with Crippen molar-refractivity contribution in [1.82, 2.24) is 10.3 Å². The number of carbonyl (C=O) groups is 1. The molecule has 0 saturated carbocycles. The molecule has 92 valence electrons. The lowest BCUT2D eigenvalue weighted by Gasteiger charge is -2.12. The summed E-state index contributed by atoms with van der Waals surface area (Å²) in [4.78, 5) is 14.6. The van der Waals surface area contributed by atoms with E-state index < -0.39 is 0 Å². The third kappa shape index (κ3) is 4.10. The van der Waals surface area contributed by atoms with Crippen LogP contribution in [-0.2, 0) is 11.2 Å². The lowest BCUT2D eigenvalue weighted by Crippen LogP contribution is -2.26. The first-order valence-electron chi connectivity index (χ1n) is 6.41. The molecule has 0 aromatic carbocycles. The van der Waals surface area contributed by atoms with Crippen molar-refractivity contribution in [2.45, 2.75) is 38.5 Å². The van der Waals surface area contributed by atoms with Gasteiger partial charge in [0.05, 0.1) is 6.42 Å². The van der Waals surface area contributed by atoms with Gasteiger partial charge in [0.25, 0.3) is 0 Å². The number of carbonyl (C=O) groups excluding carboxylic acids is 1. The molecule has 1 aromatic heterocycles. The van der Waals surface area contributed by atoms with Gasteiger partial charge in [-0.25, -0.2) is 0 Å². The number of nitrogens with one attached hydrogen (secondary N) is 2. The Hall–Kier alpha value is -1.51. The molecule has 17 heavy (non-hydrogen) atoms. The fourth-order valence-electron chi connectivity index (χ4n) is 2.21. The van der Waals surface area contributed by atoms with Gasteiger partial charge in [0.2, 0.25) is 5.91 Å².